The summed E-state index contributed by atoms with van der Waals surface area (Å²) in [4.78, 5) is 2.50. The molecule has 4 nitrogen and oxygen atoms in total. The van der Waals surface area contributed by atoms with Gasteiger partial charge in [0.1, 0.15) is 17.2 Å². The largest absolute Gasteiger partial charge is 0.457 e. The first-order chi connectivity index (χ1) is 39.0. The number of benzene rings is 10. The predicted molar refractivity (Wildman–Crippen MR) is 328 cm³/mol. The molecule has 0 saturated carbocycles. The van der Waals surface area contributed by atoms with Crippen LogP contribution in [0.4, 0.5) is 17.1 Å². The van der Waals surface area contributed by atoms with Gasteiger partial charge in [0.15, 0.2) is 5.75 Å². The van der Waals surface area contributed by atoms with E-state index in [0.717, 1.165) is 79.9 Å². The van der Waals surface area contributed by atoms with E-state index in [-0.39, 0.29) is 16.7 Å². The molecule has 11 aromatic rings. The molecule has 0 N–H and O–H groups in total. The lowest BCUT2D eigenvalue weighted by molar-refractivity contribution is 0.383. The predicted octanol–water partition coefficient (Wildman–Crippen LogP) is 19.7. The van der Waals surface area contributed by atoms with Crippen molar-refractivity contribution in [2.75, 3.05) is 4.90 Å². The van der Waals surface area contributed by atoms with E-state index in [1.165, 1.54) is 66.4 Å². The molecule has 2 unspecified atom stereocenters. The van der Waals surface area contributed by atoms with Crippen molar-refractivity contribution in [3.63, 3.8) is 0 Å². The zero-order chi connectivity index (χ0) is 53.9. The van der Waals surface area contributed by atoms with Gasteiger partial charge in [0.05, 0.1) is 38.9 Å². The topological polar surface area (TPSA) is 26.6 Å². The van der Waals surface area contributed by atoms with Gasteiger partial charge in [-0.3, -0.25) is 0 Å². The summed E-state index contributed by atoms with van der Waals surface area (Å²) < 4.78 is 17.3. The van der Waals surface area contributed by atoms with Gasteiger partial charge < -0.3 is 18.9 Å². The molecule has 80 heavy (non-hydrogen) atoms. The molecular formula is C76H60N2O2. The zero-order valence-electron chi connectivity index (χ0n) is 46.0. The minimum Gasteiger partial charge on any atom is -0.457 e. The molecule has 16 rings (SSSR count). The molecule has 0 fully saturated rings. The Kier molecular flexibility index (Phi) is 9.80. The number of aromatic nitrogens is 1. The van der Waals surface area contributed by atoms with Gasteiger partial charge in [-0.1, -0.05) is 217 Å². The third-order valence-electron chi connectivity index (χ3n) is 18.5. The number of allylic oxidation sites excluding steroid dienone is 4. The van der Waals surface area contributed by atoms with Crippen LogP contribution < -0.4 is 14.4 Å². The Labute approximate surface area is 468 Å². The van der Waals surface area contributed by atoms with Gasteiger partial charge >= 0.3 is 0 Å². The standard InChI is InChI=1S/C76H60N2O2/c1-73(2,3)47-38-41-52-53-42-39-48(74(4,5)6)45-62(53)76(61(52)44-47)59-29-14-20-37-70(59)80-72-60(76)30-21-35-68(72)77(66-33-17-18-34-67(66)78-64-31-15-9-24-54(64)55-25-10-16-32-65(55)78)49-40-43-71-63(46-49)75(58-28-13-19-36-69(58)79-71)56-26-11-7-22-50(56)51-23-8-12-27-57(51)75/h7-26,28-46,57H,27H2,1-6H3. The Bertz CT molecular complexity index is 4400. The van der Waals surface area contributed by atoms with E-state index < -0.39 is 10.8 Å². The minimum atomic E-state index is -0.729. The highest BCUT2D eigenvalue weighted by atomic mass is 16.5. The third kappa shape index (κ3) is 6.28. The number of nitrogens with zero attached hydrogens (tertiary/aromatic N) is 2. The molecule has 1 aromatic heterocycles. The Hall–Kier alpha value is -9.12. The Morgan fingerprint density at radius 1 is 0.450 bits per heavy atom. The summed E-state index contributed by atoms with van der Waals surface area (Å²) in [5.74, 6) is 3.60. The van der Waals surface area contributed by atoms with Crippen LogP contribution in [0, 0.1) is 5.92 Å². The lowest BCUT2D eigenvalue weighted by Gasteiger charge is -2.44. The molecule has 0 saturated heterocycles. The monoisotopic (exact) mass is 1030 g/mol. The number of hydrogen-bond donors (Lipinski definition) is 0. The number of para-hydroxylation sites is 7. The molecule has 0 radical (unpaired) electrons. The van der Waals surface area contributed by atoms with Gasteiger partial charge in [-0.05, 0) is 128 Å². The maximum atomic E-state index is 7.70. The first-order valence-electron chi connectivity index (χ1n) is 28.4. The minimum absolute atomic E-state index is 0.0947. The van der Waals surface area contributed by atoms with E-state index >= 15 is 0 Å². The second kappa shape index (κ2) is 16.7. The highest BCUT2D eigenvalue weighted by Gasteiger charge is 2.57. The molecule has 5 aliphatic rings. The summed E-state index contributed by atoms with van der Waals surface area (Å²) in [5.41, 5.74) is 21.1. The van der Waals surface area contributed by atoms with Crippen molar-refractivity contribution in [2.45, 2.75) is 69.6 Å². The highest BCUT2D eigenvalue weighted by Crippen LogP contribution is 2.67. The van der Waals surface area contributed by atoms with Crippen LogP contribution in [-0.4, -0.2) is 4.57 Å². The Morgan fingerprint density at radius 2 is 1.01 bits per heavy atom. The van der Waals surface area contributed by atoms with Crippen molar-refractivity contribution in [3.8, 4) is 39.8 Å². The van der Waals surface area contributed by atoms with Crippen LogP contribution in [0.5, 0.6) is 23.0 Å². The normalized spacial score (nSPS) is 17.6. The van der Waals surface area contributed by atoms with Gasteiger partial charge in [0.2, 0.25) is 0 Å². The molecule has 2 aliphatic heterocycles. The molecule has 2 atom stereocenters. The van der Waals surface area contributed by atoms with Gasteiger partial charge in [0, 0.05) is 44.6 Å². The van der Waals surface area contributed by atoms with Crippen LogP contribution in [0.3, 0.4) is 0 Å². The Morgan fingerprint density at radius 3 is 1.71 bits per heavy atom. The molecule has 10 aromatic carbocycles. The smallest absolute Gasteiger partial charge is 0.156 e. The fourth-order valence-corrected chi connectivity index (χ4v) is 14.9. The molecule has 386 valence electrons. The Balaban J connectivity index is 1.03. The van der Waals surface area contributed by atoms with Crippen LogP contribution in [0.15, 0.2) is 237 Å². The number of hydrogen-bond acceptors (Lipinski definition) is 3. The van der Waals surface area contributed by atoms with Crippen LogP contribution in [0.25, 0.3) is 44.2 Å². The summed E-state index contributed by atoms with van der Waals surface area (Å²) in [6.45, 7) is 14.0. The molecule has 0 amide bonds. The van der Waals surface area contributed by atoms with Crippen molar-refractivity contribution >= 4 is 44.4 Å². The van der Waals surface area contributed by atoms with Gasteiger partial charge in [-0.2, -0.15) is 0 Å². The third-order valence-corrected chi connectivity index (χ3v) is 18.5. The average Bonchev–Trinajstić information content (AvgIpc) is 3.12. The molecule has 3 aliphatic carbocycles. The fraction of sp³-hybridized carbons (Fsp3) is 0.158. The van der Waals surface area contributed by atoms with Crippen molar-refractivity contribution in [1.82, 2.24) is 4.57 Å². The van der Waals surface area contributed by atoms with Crippen molar-refractivity contribution in [3.05, 3.63) is 292 Å². The lowest BCUT2D eigenvalue weighted by Crippen LogP contribution is -2.37. The number of rotatable bonds is 4. The van der Waals surface area contributed by atoms with Crippen LogP contribution in [0.2, 0.25) is 0 Å². The quantitative estimate of drug-likeness (QED) is 0.176. The van der Waals surface area contributed by atoms with Crippen LogP contribution in [0.1, 0.15) is 104 Å². The summed E-state index contributed by atoms with van der Waals surface area (Å²) in [6.07, 6.45) is 7.85. The molecular weight excluding hydrogens is 973 g/mol. The SMILES string of the molecule is CC(C)(C)c1ccc2c(c1)C1(c3ccccc3Oc3c(N(c4ccc5c(c4)C4(c6ccccc6O5)c5ccccc5C5=CC=CCC54)c4ccccc4-n4c5ccccc5c5ccccc54)cccc31)c1cc(C(C)(C)C)ccc1-2. The van der Waals surface area contributed by atoms with E-state index in [0.29, 0.717) is 0 Å². The van der Waals surface area contributed by atoms with Gasteiger partial charge in [-0.15, -0.1) is 0 Å². The first-order valence-corrected chi connectivity index (χ1v) is 28.4. The number of anilines is 3. The summed E-state index contributed by atoms with van der Waals surface area (Å²) in [7, 11) is 0. The summed E-state index contributed by atoms with van der Waals surface area (Å²) in [5, 5.41) is 2.42. The maximum absolute atomic E-state index is 7.70. The lowest BCUT2D eigenvalue weighted by atomic mass is 9.61. The summed E-state index contributed by atoms with van der Waals surface area (Å²) in [6, 6.07) is 81.7. The van der Waals surface area contributed by atoms with Crippen LogP contribution in [-0.2, 0) is 21.7 Å². The van der Waals surface area contributed by atoms with Gasteiger partial charge in [-0.25, -0.2) is 0 Å². The second-order valence-corrected chi connectivity index (χ2v) is 24.7. The zero-order valence-corrected chi connectivity index (χ0v) is 46.0. The molecule has 0 bridgehead atoms. The van der Waals surface area contributed by atoms with Crippen molar-refractivity contribution in [1.29, 1.82) is 0 Å². The molecule has 4 heteroatoms. The molecule has 2 spiro atoms. The maximum Gasteiger partial charge on any atom is 0.156 e. The van der Waals surface area contributed by atoms with Gasteiger partial charge in [0.25, 0.3) is 0 Å². The first kappa shape index (κ1) is 46.9. The van der Waals surface area contributed by atoms with Crippen molar-refractivity contribution < 1.29 is 9.47 Å². The van der Waals surface area contributed by atoms with E-state index in [4.69, 9.17) is 9.47 Å². The fourth-order valence-electron chi connectivity index (χ4n) is 14.9. The van der Waals surface area contributed by atoms with E-state index in [1.54, 1.807) is 0 Å². The molecule has 3 heterocycles. The second-order valence-electron chi connectivity index (χ2n) is 24.7. The van der Waals surface area contributed by atoms with Crippen molar-refractivity contribution in [2.24, 2.45) is 5.92 Å². The number of ether oxygens (including phenoxy) is 2. The highest BCUT2D eigenvalue weighted by molar-refractivity contribution is 6.10. The van der Waals surface area contributed by atoms with E-state index in [2.05, 4.69) is 288 Å². The summed E-state index contributed by atoms with van der Waals surface area (Å²) >= 11 is 0. The van der Waals surface area contributed by atoms with Crippen LogP contribution >= 0.6 is 0 Å². The number of fused-ring (bicyclic) bond motifs is 21. The van der Waals surface area contributed by atoms with E-state index in [9.17, 15) is 0 Å². The van der Waals surface area contributed by atoms with E-state index in [1.807, 2.05) is 0 Å². The average molecular weight is 1030 g/mol.